The van der Waals surface area contributed by atoms with Crippen LogP contribution in [0.25, 0.3) is 0 Å². The molecule has 0 aliphatic heterocycles. The molecule has 2 aromatic rings. The van der Waals surface area contributed by atoms with Gasteiger partial charge in [-0.3, -0.25) is 9.10 Å². The third-order valence-corrected chi connectivity index (χ3v) is 8.10. The molecule has 1 N–H and O–H groups in total. The number of hydrogen-bond donors (Lipinski definition) is 1. The topological polar surface area (TPSA) is 78.8 Å². The second kappa shape index (κ2) is 10.1. The van der Waals surface area contributed by atoms with Crippen molar-refractivity contribution in [2.45, 2.75) is 65.2 Å². The molecule has 0 bridgehead atoms. The lowest BCUT2D eigenvalue weighted by molar-refractivity contribution is -0.119. The number of hydrazone groups is 1. The van der Waals surface area contributed by atoms with Gasteiger partial charge in [0.15, 0.2) is 0 Å². The summed E-state index contributed by atoms with van der Waals surface area (Å²) in [6.45, 7) is 10.2. The van der Waals surface area contributed by atoms with E-state index in [0.29, 0.717) is 11.6 Å². The zero-order chi connectivity index (χ0) is 24.2. The van der Waals surface area contributed by atoms with Crippen LogP contribution in [0.5, 0.6) is 0 Å². The third-order valence-electron chi connectivity index (χ3n) is 6.31. The lowest BCUT2D eigenvalue weighted by Gasteiger charge is -2.34. The van der Waals surface area contributed by atoms with Gasteiger partial charge in [-0.1, -0.05) is 50.6 Å². The van der Waals surface area contributed by atoms with Gasteiger partial charge in [-0.25, -0.2) is 13.8 Å². The highest BCUT2D eigenvalue weighted by atomic mass is 32.2. The van der Waals surface area contributed by atoms with Gasteiger partial charge in [-0.05, 0) is 80.7 Å². The minimum absolute atomic E-state index is 0.147. The summed E-state index contributed by atoms with van der Waals surface area (Å²) in [4.78, 5) is 12.9. The average molecular weight is 470 g/mol. The zero-order valence-corrected chi connectivity index (χ0v) is 21.1. The highest BCUT2D eigenvalue weighted by Gasteiger charge is 2.29. The molecule has 33 heavy (non-hydrogen) atoms. The van der Waals surface area contributed by atoms with Gasteiger partial charge < -0.3 is 0 Å². The molecule has 0 unspecified atom stereocenters. The van der Waals surface area contributed by atoms with E-state index in [9.17, 15) is 13.2 Å². The van der Waals surface area contributed by atoms with E-state index in [4.69, 9.17) is 0 Å². The van der Waals surface area contributed by atoms with Crippen molar-refractivity contribution in [3.8, 4) is 0 Å². The summed E-state index contributed by atoms with van der Waals surface area (Å²) in [5.41, 5.74) is 6.15. The van der Waals surface area contributed by atoms with E-state index < -0.39 is 15.9 Å². The molecule has 178 valence electrons. The van der Waals surface area contributed by atoms with Crippen molar-refractivity contribution in [3.05, 3.63) is 59.7 Å². The first kappa shape index (κ1) is 25.0. The fourth-order valence-corrected chi connectivity index (χ4v) is 5.58. The molecule has 2 aromatic carbocycles. The molecule has 7 heteroatoms. The van der Waals surface area contributed by atoms with Crippen LogP contribution in [0.4, 0.5) is 5.69 Å². The van der Waals surface area contributed by atoms with Gasteiger partial charge in [0, 0.05) is 5.71 Å². The lowest BCUT2D eigenvalue weighted by atomic mass is 9.72. The van der Waals surface area contributed by atoms with Crippen molar-refractivity contribution in [1.29, 1.82) is 0 Å². The second-order valence-corrected chi connectivity index (χ2v) is 11.9. The molecule has 0 atom stereocenters. The van der Waals surface area contributed by atoms with Crippen molar-refractivity contribution in [1.82, 2.24) is 5.43 Å². The lowest BCUT2D eigenvalue weighted by Crippen LogP contribution is -2.40. The largest absolute Gasteiger partial charge is 0.271 e. The third kappa shape index (κ3) is 6.44. The van der Waals surface area contributed by atoms with Crippen LogP contribution in [0, 0.1) is 25.2 Å². The molecular weight excluding hydrogens is 434 g/mol. The maximum atomic E-state index is 13.4. The molecular formula is C26H35N3O3S. The molecule has 1 aliphatic carbocycles. The Morgan fingerprint density at radius 1 is 1.03 bits per heavy atom. The van der Waals surface area contributed by atoms with Crippen LogP contribution >= 0.6 is 0 Å². The van der Waals surface area contributed by atoms with E-state index in [1.54, 1.807) is 42.5 Å². The Hall–Kier alpha value is -2.67. The standard InChI is InChI=1S/C26H35N3O3S/c1-19-9-15-24(16-10-19)33(31,32)29(23-8-6-7-20(2)17-23)18-25(30)28-27-22-13-11-21(12-14-22)26(3,4)5/h6-10,15-17,21H,11-14,18H2,1-5H3,(H,28,30). The maximum absolute atomic E-state index is 13.4. The highest BCUT2D eigenvalue weighted by molar-refractivity contribution is 7.92. The Labute approximate surface area is 198 Å². The molecule has 0 saturated heterocycles. The summed E-state index contributed by atoms with van der Waals surface area (Å²) in [7, 11) is -3.93. The molecule has 1 fully saturated rings. The Bertz CT molecular complexity index is 1110. The van der Waals surface area contributed by atoms with E-state index in [-0.39, 0.29) is 16.9 Å². The van der Waals surface area contributed by atoms with Crippen molar-refractivity contribution < 1.29 is 13.2 Å². The predicted octanol–water partition coefficient (Wildman–Crippen LogP) is 5.21. The smallest absolute Gasteiger partial charge is 0.264 e. The van der Waals surface area contributed by atoms with E-state index in [1.807, 2.05) is 19.9 Å². The first-order valence-corrected chi connectivity index (χ1v) is 12.9. The van der Waals surface area contributed by atoms with Crippen molar-refractivity contribution in [2.75, 3.05) is 10.8 Å². The SMILES string of the molecule is Cc1ccc(S(=O)(=O)N(CC(=O)NN=C2CCC(C(C)(C)C)CC2)c2cccc(C)c2)cc1. The van der Waals surface area contributed by atoms with Gasteiger partial charge in [0.05, 0.1) is 10.6 Å². The van der Waals surface area contributed by atoms with E-state index >= 15 is 0 Å². The number of carbonyl (C=O) groups is 1. The van der Waals surface area contributed by atoms with Gasteiger partial charge in [-0.15, -0.1) is 0 Å². The van der Waals surface area contributed by atoms with Gasteiger partial charge in [0.1, 0.15) is 6.54 Å². The van der Waals surface area contributed by atoms with Crippen LogP contribution in [-0.4, -0.2) is 26.6 Å². The monoisotopic (exact) mass is 469 g/mol. The molecule has 1 saturated carbocycles. The summed E-state index contributed by atoms with van der Waals surface area (Å²) in [5, 5.41) is 4.33. The van der Waals surface area contributed by atoms with Gasteiger partial charge in [0.2, 0.25) is 0 Å². The number of anilines is 1. The molecule has 6 nitrogen and oxygen atoms in total. The first-order chi connectivity index (χ1) is 15.5. The summed E-state index contributed by atoms with van der Waals surface area (Å²) in [5.74, 6) is 0.182. The van der Waals surface area contributed by atoms with E-state index in [1.165, 1.54) is 0 Å². The number of aryl methyl sites for hydroxylation is 2. The Morgan fingerprint density at radius 3 is 2.24 bits per heavy atom. The maximum Gasteiger partial charge on any atom is 0.264 e. The van der Waals surface area contributed by atoms with Gasteiger partial charge in [-0.2, -0.15) is 5.10 Å². The second-order valence-electron chi connectivity index (χ2n) is 10.0. The number of nitrogens with one attached hydrogen (secondary N) is 1. The summed E-state index contributed by atoms with van der Waals surface area (Å²) >= 11 is 0. The molecule has 0 heterocycles. The van der Waals surface area contributed by atoms with Crippen molar-refractivity contribution in [3.63, 3.8) is 0 Å². The van der Waals surface area contributed by atoms with Crippen LogP contribution < -0.4 is 9.73 Å². The fraction of sp³-hybridized carbons (Fsp3) is 0.462. The van der Waals surface area contributed by atoms with Crippen LogP contribution in [0.15, 0.2) is 58.5 Å². The van der Waals surface area contributed by atoms with Crippen molar-refractivity contribution >= 4 is 27.3 Å². The Morgan fingerprint density at radius 2 is 1.67 bits per heavy atom. The molecule has 1 aliphatic rings. The molecule has 0 aromatic heterocycles. The summed E-state index contributed by atoms with van der Waals surface area (Å²) < 4.78 is 28.0. The summed E-state index contributed by atoms with van der Waals surface area (Å²) in [6.07, 6.45) is 3.81. The molecule has 3 rings (SSSR count). The number of hydrogen-bond acceptors (Lipinski definition) is 4. The number of benzene rings is 2. The Kier molecular flexibility index (Phi) is 7.62. The number of carbonyl (C=O) groups excluding carboxylic acids is 1. The van der Waals surface area contributed by atoms with Crippen LogP contribution in [0.1, 0.15) is 57.6 Å². The quantitative estimate of drug-likeness (QED) is 0.590. The number of amides is 1. The van der Waals surface area contributed by atoms with Crippen LogP contribution in [0.2, 0.25) is 0 Å². The van der Waals surface area contributed by atoms with Crippen LogP contribution in [-0.2, 0) is 14.8 Å². The molecule has 0 radical (unpaired) electrons. The fourth-order valence-electron chi connectivity index (χ4n) is 4.17. The molecule has 0 spiro atoms. The summed E-state index contributed by atoms with van der Waals surface area (Å²) in [6, 6.07) is 13.8. The zero-order valence-electron chi connectivity index (χ0n) is 20.3. The highest BCUT2D eigenvalue weighted by Crippen LogP contribution is 2.36. The minimum atomic E-state index is -3.93. The van der Waals surface area contributed by atoms with E-state index in [2.05, 4.69) is 31.3 Å². The average Bonchev–Trinajstić information content (AvgIpc) is 2.76. The normalized spacial score (nSPS) is 16.9. The van der Waals surface area contributed by atoms with E-state index in [0.717, 1.165) is 46.8 Å². The van der Waals surface area contributed by atoms with Crippen LogP contribution in [0.3, 0.4) is 0 Å². The minimum Gasteiger partial charge on any atom is -0.271 e. The predicted molar refractivity (Wildman–Crippen MR) is 134 cm³/mol. The number of sulfonamides is 1. The Balaban J connectivity index is 1.77. The first-order valence-electron chi connectivity index (χ1n) is 11.5. The van der Waals surface area contributed by atoms with Crippen molar-refractivity contribution in [2.24, 2.45) is 16.4 Å². The van der Waals surface area contributed by atoms with Gasteiger partial charge in [0.25, 0.3) is 15.9 Å². The van der Waals surface area contributed by atoms with Gasteiger partial charge >= 0.3 is 0 Å². The molecule has 1 amide bonds. The number of nitrogens with zero attached hydrogens (tertiary/aromatic N) is 2. The number of rotatable bonds is 6.